The molecule has 3 aromatic rings. The number of benzene rings is 2. The molecule has 0 aliphatic carbocycles. The third-order valence-electron chi connectivity index (χ3n) is 4.62. The van der Waals surface area contributed by atoms with E-state index in [1.54, 1.807) is 32.9 Å². The van der Waals surface area contributed by atoms with Crippen LogP contribution in [0.5, 0.6) is 0 Å². The molecule has 1 heterocycles. The van der Waals surface area contributed by atoms with Crippen LogP contribution in [0.4, 0.5) is 5.69 Å². The summed E-state index contributed by atoms with van der Waals surface area (Å²) >= 11 is 6.30. The van der Waals surface area contributed by atoms with E-state index in [1.807, 2.05) is 30.3 Å². The fraction of sp³-hybridized carbons (Fsp3) is 0.273. The van der Waals surface area contributed by atoms with E-state index in [0.29, 0.717) is 27.7 Å². The maximum atomic E-state index is 11.9. The van der Waals surface area contributed by atoms with Gasteiger partial charge in [0.15, 0.2) is 0 Å². The minimum Gasteiger partial charge on any atom is -0.460 e. The van der Waals surface area contributed by atoms with E-state index in [1.165, 1.54) is 0 Å². The molecule has 1 aromatic heterocycles. The first-order valence-corrected chi connectivity index (χ1v) is 9.86. The van der Waals surface area contributed by atoms with Crippen molar-refractivity contribution in [2.45, 2.75) is 39.3 Å². The smallest absolute Gasteiger partial charge is 0.305 e. The largest absolute Gasteiger partial charge is 0.460 e. The van der Waals surface area contributed by atoms with E-state index in [4.69, 9.17) is 20.8 Å². The third-order valence-corrected chi connectivity index (χ3v) is 5.11. The molecule has 3 rings (SSSR count). The number of nitriles is 1. The van der Waals surface area contributed by atoms with Crippen LogP contribution in [0.3, 0.4) is 0 Å². The second kappa shape index (κ2) is 9.42. The Morgan fingerprint density at radius 2 is 2.00 bits per heavy atom. The number of rotatable bonds is 7. The Kier molecular flexibility index (Phi) is 6.70. The van der Waals surface area contributed by atoms with Crippen molar-refractivity contribution in [2.24, 2.45) is 0 Å². The first-order valence-electron chi connectivity index (χ1n) is 9.48. The van der Waals surface area contributed by atoms with E-state index in [9.17, 15) is 10.1 Å². The molecule has 0 amide bonds. The summed E-state index contributed by atoms with van der Waals surface area (Å²) in [5.41, 5.74) is 2.53. The van der Waals surface area contributed by atoms with Gasteiger partial charge >= 0.3 is 5.97 Å². The molecule has 2 atom stereocenters. The van der Waals surface area contributed by atoms with E-state index < -0.39 is 12.1 Å². The third kappa shape index (κ3) is 4.61. The normalized spacial score (nSPS) is 12.6. The van der Waals surface area contributed by atoms with Crippen LogP contribution < -0.4 is 5.32 Å². The monoisotopic (exact) mass is 424 g/mol. The molecular formula is C22H21ClN4O3. The molecule has 7 nitrogen and oxygen atoms in total. The maximum Gasteiger partial charge on any atom is 0.305 e. The molecule has 154 valence electrons. The van der Waals surface area contributed by atoms with Crippen molar-refractivity contribution in [1.82, 2.24) is 10.2 Å². The lowest BCUT2D eigenvalue weighted by atomic mass is 10.1. The highest BCUT2D eigenvalue weighted by Crippen LogP contribution is 2.32. The van der Waals surface area contributed by atoms with Gasteiger partial charge in [-0.3, -0.25) is 4.79 Å². The van der Waals surface area contributed by atoms with Crippen LogP contribution in [0.1, 0.15) is 43.3 Å². The Balaban J connectivity index is 1.96. The molecular weight excluding hydrogens is 404 g/mol. The highest BCUT2D eigenvalue weighted by atomic mass is 35.5. The van der Waals surface area contributed by atoms with Crippen molar-refractivity contribution in [3.05, 3.63) is 64.5 Å². The lowest BCUT2D eigenvalue weighted by Crippen LogP contribution is -2.28. The zero-order valence-corrected chi connectivity index (χ0v) is 17.6. The zero-order valence-electron chi connectivity index (χ0n) is 16.8. The molecule has 0 unspecified atom stereocenters. The standard InChI is InChI=1S/C22H21ClN4O3/c1-4-18(28)29-14(3)20(25-17-11-10-16(12-24)19(23)13(17)2)22-27-26-21(30-22)15-8-6-5-7-9-15/h5-11,14,20,25H,4H2,1-3H3/t14-,20+/m0/s1. The van der Waals surface area contributed by atoms with E-state index >= 15 is 0 Å². The van der Waals surface area contributed by atoms with E-state index in [0.717, 1.165) is 5.56 Å². The molecule has 0 aliphatic heterocycles. The lowest BCUT2D eigenvalue weighted by molar-refractivity contribution is -0.148. The Bertz CT molecular complexity index is 1080. The molecule has 0 radical (unpaired) electrons. The number of anilines is 1. The van der Waals surface area contributed by atoms with Crippen LogP contribution in [-0.2, 0) is 9.53 Å². The van der Waals surface area contributed by atoms with E-state index in [-0.39, 0.29) is 18.3 Å². The Morgan fingerprint density at radius 1 is 1.27 bits per heavy atom. The van der Waals surface area contributed by atoms with Gasteiger partial charge in [0, 0.05) is 17.7 Å². The van der Waals surface area contributed by atoms with Gasteiger partial charge in [0.25, 0.3) is 0 Å². The second-order valence-electron chi connectivity index (χ2n) is 6.69. The number of halogens is 1. The summed E-state index contributed by atoms with van der Waals surface area (Å²) in [4.78, 5) is 11.9. The average molecular weight is 425 g/mol. The summed E-state index contributed by atoms with van der Waals surface area (Å²) in [7, 11) is 0. The number of hydrogen-bond donors (Lipinski definition) is 1. The number of carbonyl (C=O) groups excluding carboxylic acids is 1. The SMILES string of the molecule is CCC(=O)O[C@@H](C)[C@@H](Nc1ccc(C#N)c(Cl)c1C)c1nnc(-c2ccccc2)o1. The summed E-state index contributed by atoms with van der Waals surface area (Å²) in [6, 6.07) is 14.2. The van der Waals surface area contributed by atoms with Gasteiger partial charge in [0.2, 0.25) is 11.8 Å². The van der Waals surface area contributed by atoms with Crippen molar-refractivity contribution >= 4 is 23.3 Å². The highest BCUT2D eigenvalue weighted by Gasteiger charge is 2.29. The van der Waals surface area contributed by atoms with Crippen LogP contribution in [-0.4, -0.2) is 22.3 Å². The number of ether oxygens (including phenoxy) is 1. The molecule has 0 saturated heterocycles. The number of aromatic nitrogens is 2. The number of carbonyl (C=O) groups is 1. The number of nitrogens with one attached hydrogen (secondary N) is 1. The predicted octanol–water partition coefficient (Wildman–Crippen LogP) is 5.07. The predicted molar refractivity (Wildman–Crippen MR) is 113 cm³/mol. The summed E-state index contributed by atoms with van der Waals surface area (Å²) in [6.45, 7) is 5.27. The lowest BCUT2D eigenvalue weighted by Gasteiger charge is -2.24. The second-order valence-corrected chi connectivity index (χ2v) is 7.07. The van der Waals surface area contributed by atoms with Crippen molar-refractivity contribution in [2.75, 3.05) is 5.32 Å². The first-order chi connectivity index (χ1) is 14.4. The van der Waals surface area contributed by atoms with Crippen molar-refractivity contribution in [3.8, 4) is 17.5 Å². The summed E-state index contributed by atoms with van der Waals surface area (Å²) in [6.07, 6.45) is -0.354. The van der Waals surface area contributed by atoms with Crippen LogP contribution >= 0.6 is 11.6 Å². The van der Waals surface area contributed by atoms with Gasteiger partial charge in [0.05, 0.1) is 10.6 Å². The summed E-state index contributed by atoms with van der Waals surface area (Å²) in [5.74, 6) is 0.290. The van der Waals surface area contributed by atoms with Gasteiger partial charge in [0.1, 0.15) is 18.2 Å². The number of esters is 1. The Hall–Kier alpha value is -3.37. The maximum absolute atomic E-state index is 11.9. The van der Waals surface area contributed by atoms with Gasteiger partial charge < -0.3 is 14.5 Å². The minimum absolute atomic E-state index is 0.248. The molecule has 8 heteroatoms. The van der Waals surface area contributed by atoms with Crippen molar-refractivity contribution in [1.29, 1.82) is 5.26 Å². The van der Waals surface area contributed by atoms with E-state index in [2.05, 4.69) is 21.6 Å². The fourth-order valence-corrected chi connectivity index (χ4v) is 3.10. The fourth-order valence-electron chi connectivity index (χ4n) is 2.89. The number of hydrogen-bond acceptors (Lipinski definition) is 7. The summed E-state index contributed by atoms with van der Waals surface area (Å²) < 4.78 is 11.4. The molecule has 0 saturated carbocycles. The van der Waals surface area contributed by atoms with Crippen LogP contribution in [0, 0.1) is 18.3 Å². The van der Waals surface area contributed by atoms with Gasteiger partial charge in [-0.1, -0.05) is 36.7 Å². The van der Waals surface area contributed by atoms with Gasteiger partial charge in [-0.15, -0.1) is 10.2 Å². The molecule has 2 aromatic carbocycles. The van der Waals surface area contributed by atoms with Crippen molar-refractivity contribution < 1.29 is 13.9 Å². The first kappa shape index (κ1) is 21.3. The van der Waals surface area contributed by atoms with Gasteiger partial charge in [-0.05, 0) is 43.7 Å². The van der Waals surface area contributed by atoms with Crippen LogP contribution in [0.2, 0.25) is 5.02 Å². The highest BCUT2D eigenvalue weighted by molar-refractivity contribution is 6.32. The topological polar surface area (TPSA) is 101 Å². The Labute approximate surface area is 179 Å². The number of nitrogens with zero attached hydrogens (tertiary/aromatic N) is 3. The molecule has 30 heavy (non-hydrogen) atoms. The Morgan fingerprint density at radius 3 is 2.67 bits per heavy atom. The molecule has 0 fully saturated rings. The zero-order chi connectivity index (χ0) is 21.7. The summed E-state index contributed by atoms with van der Waals surface area (Å²) in [5, 5.41) is 21.1. The molecule has 0 aliphatic rings. The van der Waals surface area contributed by atoms with Crippen LogP contribution in [0.15, 0.2) is 46.9 Å². The van der Waals surface area contributed by atoms with Gasteiger partial charge in [-0.2, -0.15) is 5.26 Å². The van der Waals surface area contributed by atoms with Crippen molar-refractivity contribution in [3.63, 3.8) is 0 Å². The molecule has 1 N–H and O–H groups in total. The van der Waals surface area contributed by atoms with Crippen LogP contribution in [0.25, 0.3) is 11.5 Å². The quantitative estimate of drug-likeness (QED) is 0.528. The average Bonchev–Trinajstić information content (AvgIpc) is 3.25. The molecule has 0 spiro atoms. The van der Waals surface area contributed by atoms with Gasteiger partial charge in [-0.25, -0.2) is 0 Å². The minimum atomic E-state index is -0.617. The molecule has 0 bridgehead atoms.